The molecule has 10 nitrogen and oxygen atoms in total. The molecule has 312 valence electrons. The SMILES string of the molecule is CCCCC[C@H](O)/C=C/[C@H]1C(=O)C=C[C@@H]1C/C=C\CCCC(=O)OC[C@H](COP(=O)(O)O)OC(=O)CCCCCCCCCCCCCCCCC(C)C. The van der Waals surface area contributed by atoms with Gasteiger partial charge in [-0.2, -0.15) is 0 Å². The van der Waals surface area contributed by atoms with Crippen LogP contribution in [0.2, 0.25) is 0 Å². The Hall–Kier alpha value is -2.10. The van der Waals surface area contributed by atoms with E-state index in [0.717, 1.165) is 44.4 Å². The fourth-order valence-electron chi connectivity index (χ4n) is 6.55. The summed E-state index contributed by atoms with van der Waals surface area (Å²) < 4.78 is 26.4. The highest BCUT2D eigenvalue weighted by molar-refractivity contribution is 7.46. The van der Waals surface area contributed by atoms with Gasteiger partial charge in [-0.1, -0.05) is 160 Å². The van der Waals surface area contributed by atoms with E-state index in [0.29, 0.717) is 32.1 Å². The number of esters is 2. The van der Waals surface area contributed by atoms with E-state index in [1.54, 1.807) is 12.2 Å². The zero-order valence-electron chi connectivity index (χ0n) is 33.9. The average Bonchev–Trinajstić information content (AvgIpc) is 3.47. The molecular formula is C43H75O10P. The maximum atomic E-state index is 12.4. The van der Waals surface area contributed by atoms with E-state index in [4.69, 9.17) is 19.3 Å². The Morgan fingerprint density at radius 3 is 1.94 bits per heavy atom. The van der Waals surface area contributed by atoms with E-state index >= 15 is 0 Å². The Kier molecular flexibility index (Phi) is 29.6. The first-order valence-electron chi connectivity index (χ1n) is 21.2. The number of unbranched alkanes of at least 4 members (excludes halogenated alkanes) is 16. The molecule has 0 spiro atoms. The molecule has 3 N–H and O–H groups in total. The van der Waals surface area contributed by atoms with Crippen LogP contribution in [0.4, 0.5) is 0 Å². The van der Waals surface area contributed by atoms with Crippen molar-refractivity contribution in [1.29, 1.82) is 0 Å². The fraction of sp³-hybridized carbons (Fsp3) is 0.791. The molecule has 0 radical (unpaired) electrons. The van der Waals surface area contributed by atoms with Crippen molar-refractivity contribution < 1.29 is 47.8 Å². The highest BCUT2D eigenvalue weighted by Gasteiger charge is 2.27. The number of hydrogen-bond donors (Lipinski definition) is 3. The quantitative estimate of drug-likeness (QED) is 0.0245. The molecule has 0 aliphatic heterocycles. The van der Waals surface area contributed by atoms with Crippen molar-refractivity contribution in [3.05, 3.63) is 36.5 Å². The van der Waals surface area contributed by atoms with Crippen LogP contribution in [0.3, 0.4) is 0 Å². The van der Waals surface area contributed by atoms with Crippen LogP contribution in [0.25, 0.3) is 0 Å². The monoisotopic (exact) mass is 783 g/mol. The van der Waals surface area contributed by atoms with Crippen LogP contribution in [0.5, 0.6) is 0 Å². The maximum absolute atomic E-state index is 12.4. The summed E-state index contributed by atoms with van der Waals surface area (Å²) in [6, 6.07) is 0. The zero-order valence-corrected chi connectivity index (χ0v) is 34.8. The molecule has 0 saturated carbocycles. The van der Waals surface area contributed by atoms with Gasteiger partial charge in [0, 0.05) is 18.8 Å². The van der Waals surface area contributed by atoms with Gasteiger partial charge in [0.2, 0.25) is 0 Å². The highest BCUT2D eigenvalue weighted by Crippen LogP contribution is 2.36. The summed E-state index contributed by atoms with van der Waals surface area (Å²) >= 11 is 0. The lowest BCUT2D eigenvalue weighted by Crippen LogP contribution is -2.29. The molecule has 1 aliphatic rings. The summed E-state index contributed by atoms with van der Waals surface area (Å²) in [7, 11) is -4.80. The Morgan fingerprint density at radius 1 is 0.778 bits per heavy atom. The Labute approximate surface area is 327 Å². The maximum Gasteiger partial charge on any atom is 0.469 e. The van der Waals surface area contributed by atoms with Gasteiger partial charge >= 0.3 is 19.8 Å². The van der Waals surface area contributed by atoms with Gasteiger partial charge in [-0.15, -0.1) is 0 Å². The Bertz CT molecular complexity index is 1130. The number of carbonyl (C=O) groups is 3. The second-order valence-corrected chi connectivity index (χ2v) is 16.7. The third kappa shape index (κ3) is 29.2. The van der Waals surface area contributed by atoms with Gasteiger partial charge in [-0.25, -0.2) is 4.57 Å². The first kappa shape index (κ1) is 49.9. The normalized spacial score (nSPS) is 17.3. The van der Waals surface area contributed by atoms with Crippen molar-refractivity contribution in [2.75, 3.05) is 13.2 Å². The standard InChI is InChI=1S/C43H75O10P/c1-4-5-20-27-38(44)31-32-40-37(30-33-41(40)45)26-22-18-19-23-28-42(46)51-34-39(35-52-54(48,49)50)53-43(47)29-24-17-15-13-11-9-7-6-8-10-12-14-16-21-25-36(2)3/h18,22,30-33,36-40,44H,4-17,19-21,23-29,34-35H2,1-3H3,(H2,48,49,50)/b22-18-,32-31+/t37-,38-,39+,40+/m0/s1. The molecule has 0 aromatic carbocycles. The number of allylic oxidation sites excluding steroid dienone is 5. The number of aliphatic hydroxyl groups excluding tert-OH is 1. The number of phosphoric ester groups is 1. The predicted octanol–water partition coefficient (Wildman–Crippen LogP) is 10.4. The van der Waals surface area contributed by atoms with Crippen LogP contribution in [0.1, 0.15) is 175 Å². The van der Waals surface area contributed by atoms with Gasteiger partial charge in [0.15, 0.2) is 11.9 Å². The number of ether oxygens (including phenoxy) is 2. The highest BCUT2D eigenvalue weighted by atomic mass is 31.2. The largest absolute Gasteiger partial charge is 0.469 e. The third-order valence-corrected chi connectivity index (χ3v) is 10.3. The van der Waals surface area contributed by atoms with Crippen LogP contribution in [0.15, 0.2) is 36.5 Å². The minimum Gasteiger partial charge on any atom is -0.462 e. The third-order valence-electron chi connectivity index (χ3n) is 9.84. The first-order valence-corrected chi connectivity index (χ1v) is 22.7. The molecular weight excluding hydrogens is 707 g/mol. The van der Waals surface area contributed by atoms with Crippen LogP contribution < -0.4 is 0 Å². The molecule has 0 saturated heterocycles. The molecule has 1 rings (SSSR count). The summed E-state index contributed by atoms with van der Waals surface area (Å²) in [4.78, 5) is 55.3. The van der Waals surface area contributed by atoms with Gasteiger partial charge < -0.3 is 24.4 Å². The fourth-order valence-corrected chi connectivity index (χ4v) is 6.91. The number of phosphoric acid groups is 1. The van der Waals surface area contributed by atoms with Gasteiger partial charge in [-0.3, -0.25) is 18.9 Å². The molecule has 0 aromatic rings. The van der Waals surface area contributed by atoms with Gasteiger partial charge in [0.1, 0.15) is 6.61 Å². The van der Waals surface area contributed by atoms with Crippen molar-refractivity contribution in [1.82, 2.24) is 0 Å². The predicted molar refractivity (Wildman–Crippen MR) is 216 cm³/mol. The Morgan fingerprint density at radius 2 is 1.35 bits per heavy atom. The molecule has 11 heteroatoms. The summed E-state index contributed by atoms with van der Waals surface area (Å²) in [5, 5.41) is 10.2. The van der Waals surface area contributed by atoms with E-state index in [9.17, 15) is 24.1 Å². The molecule has 0 bridgehead atoms. The topological polar surface area (TPSA) is 157 Å². The number of ketones is 1. The first-order chi connectivity index (χ1) is 25.9. The van der Waals surface area contributed by atoms with Crippen molar-refractivity contribution in [2.24, 2.45) is 17.8 Å². The van der Waals surface area contributed by atoms with Gasteiger partial charge in [0.05, 0.1) is 12.7 Å². The minimum atomic E-state index is -4.80. The van der Waals surface area contributed by atoms with Crippen molar-refractivity contribution in [3.8, 4) is 0 Å². The lowest BCUT2D eigenvalue weighted by molar-refractivity contribution is -0.161. The van der Waals surface area contributed by atoms with Crippen LogP contribution in [-0.4, -0.2) is 58.0 Å². The number of hydrogen-bond acceptors (Lipinski definition) is 8. The summed E-state index contributed by atoms with van der Waals surface area (Å²) in [5.74, 6) is -0.422. The van der Waals surface area contributed by atoms with Crippen LogP contribution in [0, 0.1) is 17.8 Å². The second kappa shape index (κ2) is 32.0. The smallest absolute Gasteiger partial charge is 0.462 e. The van der Waals surface area contributed by atoms with Crippen molar-refractivity contribution in [2.45, 2.75) is 187 Å². The van der Waals surface area contributed by atoms with Crippen molar-refractivity contribution in [3.63, 3.8) is 0 Å². The van der Waals surface area contributed by atoms with E-state index in [1.807, 2.05) is 24.3 Å². The second-order valence-electron chi connectivity index (χ2n) is 15.5. The summed E-state index contributed by atoms with van der Waals surface area (Å²) in [5.41, 5.74) is 0. The van der Waals surface area contributed by atoms with E-state index in [1.165, 1.54) is 70.6 Å². The Balaban J connectivity index is 2.23. The summed E-state index contributed by atoms with van der Waals surface area (Å²) in [6.45, 7) is 5.76. The van der Waals surface area contributed by atoms with Gasteiger partial charge in [0.25, 0.3) is 0 Å². The lowest BCUT2D eigenvalue weighted by atomic mass is 9.90. The molecule has 0 amide bonds. The van der Waals surface area contributed by atoms with Crippen molar-refractivity contribution >= 4 is 25.5 Å². The van der Waals surface area contributed by atoms with Gasteiger partial charge in [-0.05, 0) is 50.0 Å². The van der Waals surface area contributed by atoms with Crippen LogP contribution in [-0.2, 0) is 32.9 Å². The minimum absolute atomic E-state index is 0.0290. The molecule has 0 fully saturated rings. The number of aliphatic hydroxyl groups is 1. The average molecular weight is 783 g/mol. The molecule has 1 aliphatic carbocycles. The molecule has 0 heterocycles. The lowest BCUT2D eigenvalue weighted by Gasteiger charge is -2.18. The zero-order chi connectivity index (χ0) is 39.9. The molecule has 54 heavy (non-hydrogen) atoms. The van der Waals surface area contributed by atoms with E-state index in [2.05, 4.69) is 25.3 Å². The number of carbonyl (C=O) groups excluding carboxylic acids is 3. The molecule has 0 aromatic heterocycles. The van der Waals surface area contributed by atoms with Crippen LogP contribution >= 0.6 is 7.82 Å². The molecule has 4 atom stereocenters. The van der Waals surface area contributed by atoms with E-state index in [-0.39, 0.29) is 37.1 Å². The summed E-state index contributed by atoms with van der Waals surface area (Å²) in [6.07, 6.45) is 33.5. The van der Waals surface area contributed by atoms with E-state index < -0.39 is 38.6 Å². The molecule has 0 unspecified atom stereocenters. The number of rotatable bonds is 35.